The monoisotopic (exact) mass is 403 g/mol. The van der Waals surface area contributed by atoms with Gasteiger partial charge in [0, 0.05) is 19.6 Å². The first-order valence-electron chi connectivity index (χ1n) is 10.9. The molecule has 3 aromatic rings. The lowest BCUT2D eigenvalue weighted by molar-refractivity contribution is 0.0643. The van der Waals surface area contributed by atoms with Crippen LogP contribution in [0.3, 0.4) is 0 Å². The second-order valence-electron chi connectivity index (χ2n) is 8.38. The number of hydrogen-bond acceptors (Lipinski definition) is 4. The van der Waals surface area contributed by atoms with Crippen LogP contribution in [0.1, 0.15) is 47.9 Å². The van der Waals surface area contributed by atoms with E-state index < -0.39 is 0 Å². The molecule has 156 valence electrons. The minimum atomic E-state index is -0.00312. The van der Waals surface area contributed by atoms with E-state index in [1.165, 1.54) is 12.0 Å². The molecule has 1 aliphatic carbocycles. The number of amides is 1. The van der Waals surface area contributed by atoms with Crippen molar-refractivity contribution in [1.82, 2.24) is 19.5 Å². The smallest absolute Gasteiger partial charge is 0.274 e. The molecule has 0 unspecified atom stereocenters. The van der Waals surface area contributed by atoms with Crippen LogP contribution >= 0.6 is 0 Å². The number of nitrogens with zero attached hydrogens (tertiary/aromatic N) is 5. The normalized spacial score (nSPS) is 13.9. The predicted molar refractivity (Wildman–Crippen MR) is 122 cm³/mol. The number of imidazole rings is 1. The molecule has 0 saturated heterocycles. The van der Waals surface area contributed by atoms with Crippen molar-refractivity contribution in [2.24, 2.45) is 0 Å². The Kier molecular flexibility index (Phi) is 5.79. The summed E-state index contributed by atoms with van der Waals surface area (Å²) in [5.41, 5.74) is 4.50. The van der Waals surface area contributed by atoms with E-state index in [4.69, 9.17) is 0 Å². The molecule has 30 heavy (non-hydrogen) atoms. The Hall–Kier alpha value is -2.83. The molecule has 1 saturated carbocycles. The Bertz CT molecular complexity index is 1030. The van der Waals surface area contributed by atoms with Crippen molar-refractivity contribution in [3.63, 3.8) is 0 Å². The largest absolute Gasteiger partial charge is 0.412 e. The molecule has 1 amide bonds. The number of fused-ring (bicyclic) bond motifs is 1. The van der Waals surface area contributed by atoms with Gasteiger partial charge in [-0.1, -0.05) is 42.7 Å². The number of anilines is 1. The molecule has 0 spiro atoms. The molecule has 1 aliphatic rings. The summed E-state index contributed by atoms with van der Waals surface area (Å²) in [5, 5.41) is 4.64. The minimum absolute atomic E-state index is 0.00312. The van der Waals surface area contributed by atoms with E-state index in [9.17, 15) is 4.79 Å². The third-order valence-electron chi connectivity index (χ3n) is 6.29. The maximum Gasteiger partial charge on any atom is 0.274 e. The number of benzene rings is 1. The first-order chi connectivity index (χ1) is 14.5. The lowest BCUT2D eigenvalue weighted by Crippen LogP contribution is -2.42. The second kappa shape index (κ2) is 8.50. The highest BCUT2D eigenvalue weighted by Crippen LogP contribution is 2.27. The van der Waals surface area contributed by atoms with Gasteiger partial charge in [0.25, 0.3) is 12.8 Å². The van der Waals surface area contributed by atoms with Crippen molar-refractivity contribution in [1.29, 1.82) is 0 Å². The highest BCUT2D eigenvalue weighted by molar-refractivity contribution is 6.61. The molecule has 0 atom stereocenters. The standard InChI is InChI=1S/C23H30BN5O/c1-5-28(24(3)15-18-10-7-6-8-11-18)20-14-17(2)26-29-21(16-25-22(20)29)23(30)27(4)19-12-9-13-19/h6-8,10-11,14,16,19H,5,9,12-13,15H2,1-4H3. The summed E-state index contributed by atoms with van der Waals surface area (Å²) in [7, 11) is 1.89. The molecule has 0 bridgehead atoms. The van der Waals surface area contributed by atoms with Gasteiger partial charge in [-0.25, -0.2) is 9.50 Å². The summed E-state index contributed by atoms with van der Waals surface area (Å²) in [6, 6.07) is 13.0. The van der Waals surface area contributed by atoms with Crippen LogP contribution in [0.25, 0.3) is 5.65 Å². The zero-order chi connectivity index (χ0) is 21.3. The summed E-state index contributed by atoms with van der Waals surface area (Å²) in [6.07, 6.45) is 5.98. The van der Waals surface area contributed by atoms with Gasteiger partial charge in [-0.05, 0) is 45.5 Å². The van der Waals surface area contributed by atoms with E-state index in [1.807, 2.05) is 24.9 Å². The Balaban J connectivity index is 1.68. The SMILES string of the molecule is CCN(B(C)Cc1ccccc1)c1cc(C)nn2c(C(=O)N(C)C3CCC3)cnc12. The maximum absolute atomic E-state index is 13.1. The third kappa shape index (κ3) is 3.81. The highest BCUT2D eigenvalue weighted by Gasteiger charge is 2.29. The molecular formula is C23H30BN5O. The molecule has 0 radical (unpaired) electrons. The average molecular weight is 403 g/mol. The summed E-state index contributed by atoms with van der Waals surface area (Å²) in [4.78, 5) is 21.9. The topological polar surface area (TPSA) is 53.7 Å². The van der Waals surface area contributed by atoms with Crippen LogP contribution in [0.5, 0.6) is 0 Å². The van der Waals surface area contributed by atoms with E-state index in [2.05, 4.69) is 59.0 Å². The molecular weight excluding hydrogens is 373 g/mol. The lowest BCUT2D eigenvalue weighted by atomic mass is 9.58. The number of rotatable bonds is 7. The molecule has 0 N–H and O–H groups in total. The summed E-state index contributed by atoms with van der Waals surface area (Å²) in [5.74, 6) is -0.00312. The average Bonchev–Trinajstić information content (AvgIpc) is 3.11. The summed E-state index contributed by atoms with van der Waals surface area (Å²) in [6.45, 7) is 7.51. The number of aryl methyl sites for hydroxylation is 1. The maximum atomic E-state index is 13.1. The number of carbonyl (C=O) groups is 1. The van der Waals surface area contributed by atoms with Gasteiger partial charge in [0.1, 0.15) is 0 Å². The fourth-order valence-electron chi connectivity index (χ4n) is 4.33. The molecule has 2 heterocycles. The molecule has 4 rings (SSSR count). The minimum Gasteiger partial charge on any atom is -0.412 e. The van der Waals surface area contributed by atoms with Crippen LogP contribution in [-0.2, 0) is 6.32 Å². The van der Waals surface area contributed by atoms with Crippen LogP contribution in [0, 0.1) is 6.92 Å². The summed E-state index contributed by atoms with van der Waals surface area (Å²) >= 11 is 0. The molecule has 7 heteroatoms. The van der Waals surface area contributed by atoms with E-state index in [0.717, 1.165) is 42.7 Å². The number of hydrogen-bond donors (Lipinski definition) is 0. The predicted octanol–water partition coefficient (Wildman–Crippen LogP) is 3.89. The van der Waals surface area contributed by atoms with Gasteiger partial charge in [0.2, 0.25) is 0 Å². The quantitative estimate of drug-likeness (QED) is 0.562. The lowest BCUT2D eigenvalue weighted by Gasteiger charge is -2.34. The molecule has 1 aromatic carbocycles. The van der Waals surface area contributed by atoms with Crippen LogP contribution in [-0.4, -0.2) is 51.9 Å². The van der Waals surface area contributed by atoms with Crippen molar-refractivity contribution in [2.75, 3.05) is 18.4 Å². The van der Waals surface area contributed by atoms with Crippen molar-refractivity contribution in [3.05, 3.63) is 59.5 Å². The fraction of sp³-hybridized carbons (Fsp3) is 0.435. The third-order valence-corrected chi connectivity index (χ3v) is 6.29. The van der Waals surface area contributed by atoms with E-state index in [-0.39, 0.29) is 12.8 Å². The first kappa shape index (κ1) is 20.4. The Morgan fingerprint density at radius 1 is 1.27 bits per heavy atom. The highest BCUT2D eigenvalue weighted by atomic mass is 16.2. The van der Waals surface area contributed by atoms with Crippen LogP contribution in [0.2, 0.25) is 6.82 Å². The van der Waals surface area contributed by atoms with E-state index in [1.54, 1.807) is 10.7 Å². The van der Waals surface area contributed by atoms with Gasteiger partial charge in [-0.2, -0.15) is 5.10 Å². The van der Waals surface area contributed by atoms with Gasteiger partial charge in [0.05, 0.1) is 17.6 Å². The number of aromatic nitrogens is 3. The van der Waals surface area contributed by atoms with Crippen LogP contribution < -0.4 is 4.81 Å². The van der Waals surface area contributed by atoms with E-state index in [0.29, 0.717) is 11.7 Å². The van der Waals surface area contributed by atoms with Crippen molar-refractivity contribution in [2.45, 2.75) is 52.3 Å². The zero-order valence-electron chi connectivity index (χ0n) is 18.4. The van der Waals surface area contributed by atoms with Crippen LogP contribution in [0.4, 0.5) is 5.69 Å². The van der Waals surface area contributed by atoms with Crippen molar-refractivity contribution in [3.8, 4) is 0 Å². The first-order valence-corrected chi connectivity index (χ1v) is 10.9. The van der Waals surface area contributed by atoms with E-state index >= 15 is 0 Å². The Labute approximate surface area is 179 Å². The second-order valence-corrected chi connectivity index (χ2v) is 8.38. The summed E-state index contributed by atoms with van der Waals surface area (Å²) < 4.78 is 1.74. The molecule has 1 fully saturated rings. The molecule has 0 aliphatic heterocycles. The zero-order valence-corrected chi connectivity index (χ0v) is 18.4. The Morgan fingerprint density at radius 2 is 2.00 bits per heavy atom. The van der Waals surface area contributed by atoms with Gasteiger partial charge in [-0.3, -0.25) is 4.79 Å². The molecule has 2 aromatic heterocycles. The van der Waals surface area contributed by atoms with Crippen molar-refractivity contribution >= 4 is 24.1 Å². The van der Waals surface area contributed by atoms with Gasteiger partial charge >= 0.3 is 0 Å². The Morgan fingerprint density at radius 3 is 2.63 bits per heavy atom. The number of carbonyl (C=O) groups excluding carboxylic acids is 1. The fourth-order valence-corrected chi connectivity index (χ4v) is 4.33. The van der Waals surface area contributed by atoms with Gasteiger partial charge < -0.3 is 9.71 Å². The van der Waals surface area contributed by atoms with Crippen molar-refractivity contribution < 1.29 is 4.79 Å². The van der Waals surface area contributed by atoms with Crippen LogP contribution in [0.15, 0.2) is 42.6 Å². The van der Waals surface area contributed by atoms with Gasteiger partial charge in [0.15, 0.2) is 11.3 Å². The molecule has 6 nitrogen and oxygen atoms in total. The van der Waals surface area contributed by atoms with Gasteiger partial charge in [-0.15, -0.1) is 0 Å².